The lowest BCUT2D eigenvalue weighted by atomic mass is 9.99. The average molecular weight is 374 g/mol. The smallest absolute Gasteiger partial charge is 0.0470 e. The second kappa shape index (κ2) is 9.72. The van der Waals surface area contributed by atoms with Crippen LogP contribution in [0.2, 0.25) is 0 Å². The van der Waals surface area contributed by atoms with Gasteiger partial charge in [-0.15, -0.1) is 0 Å². The fourth-order valence-corrected chi connectivity index (χ4v) is 3.13. The van der Waals surface area contributed by atoms with Crippen LogP contribution in [0.3, 0.4) is 0 Å². The first kappa shape index (κ1) is 16.9. The Kier molecular flexibility index (Phi) is 8.66. The second-order valence-electron chi connectivity index (χ2n) is 5.25. The number of benzene rings is 1. The molecule has 1 unspecified atom stereocenters. The van der Waals surface area contributed by atoms with Gasteiger partial charge in [0.05, 0.1) is 0 Å². The maximum absolute atomic E-state index is 5.73. The third kappa shape index (κ3) is 5.79. The highest BCUT2D eigenvalue weighted by Crippen LogP contribution is 2.26. The van der Waals surface area contributed by atoms with Crippen molar-refractivity contribution in [1.82, 2.24) is 5.43 Å². The lowest BCUT2D eigenvalue weighted by Gasteiger charge is -2.18. The Labute approximate surface area is 131 Å². The number of nitrogens with one attached hydrogen (secondary N) is 1. The molecule has 108 valence electrons. The van der Waals surface area contributed by atoms with Gasteiger partial charge in [-0.3, -0.25) is 11.3 Å². The van der Waals surface area contributed by atoms with E-state index in [1.807, 2.05) is 0 Å². The lowest BCUT2D eigenvalue weighted by molar-refractivity contribution is 0.475. The van der Waals surface area contributed by atoms with Gasteiger partial charge < -0.3 is 0 Å². The van der Waals surface area contributed by atoms with Gasteiger partial charge in [0.25, 0.3) is 0 Å². The van der Waals surface area contributed by atoms with Crippen LogP contribution in [0.4, 0.5) is 0 Å². The van der Waals surface area contributed by atoms with Gasteiger partial charge in [0, 0.05) is 9.61 Å². The first-order chi connectivity index (χ1) is 9.20. The summed E-state index contributed by atoms with van der Waals surface area (Å²) in [6.45, 7) is 4.41. The zero-order chi connectivity index (χ0) is 14.1. The summed E-state index contributed by atoms with van der Waals surface area (Å²) in [5.41, 5.74) is 5.66. The fraction of sp³-hybridized carbons (Fsp3) is 0.625. The minimum absolute atomic E-state index is 0.290. The summed E-state index contributed by atoms with van der Waals surface area (Å²) in [4.78, 5) is 0. The molecule has 19 heavy (non-hydrogen) atoms. The van der Waals surface area contributed by atoms with Crippen molar-refractivity contribution < 1.29 is 0 Å². The molecular weight excluding hydrogens is 347 g/mol. The average Bonchev–Trinajstić information content (AvgIpc) is 2.42. The van der Waals surface area contributed by atoms with E-state index in [0.29, 0.717) is 0 Å². The summed E-state index contributed by atoms with van der Waals surface area (Å²) in [5, 5.41) is 0. The van der Waals surface area contributed by atoms with Gasteiger partial charge in [0.2, 0.25) is 0 Å². The molecule has 2 nitrogen and oxygen atoms in total. The third-order valence-electron chi connectivity index (χ3n) is 3.64. The van der Waals surface area contributed by atoms with Crippen molar-refractivity contribution in [2.24, 2.45) is 5.84 Å². The van der Waals surface area contributed by atoms with Crippen LogP contribution in [0.15, 0.2) is 18.2 Å². The van der Waals surface area contributed by atoms with Crippen molar-refractivity contribution in [2.75, 3.05) is 0 Å². The predicted octanol–water partition coefficient (Wildman–Crippen LogP) is 4.85. The van der Waals surface area contributed by atoms with Gasteiger partial charge >= 0.3 is 0 Å². The van der Waals surface area contributed by atoms with Crippen LogP contribution in [0, 0.1) is 10.5 Å². The quantitative estimate of drug-likeness (QED) is 0.281. The molecular formula is C16H27IN2. The molecule has 0 aliphatic carbocycles. The summed E-state index contributed by atoms with van der Waals surface area (Å²) in [5.74, 6) is 5.73. The molecule has 0 aromatic heterocycles. The van der Waals surface area contributed by atoms with Crippen molar-refractivity contribution in [3.63, 3.8) is 0 Å². The topological polar surface area (TPSA) is 38.0 Å². The molecule has 0 aliphatic heterocycles. The van der Waals surface area contributed by atoms with E-state index in [2.05, 4.69) is 60.1 Å². The number of unbranched alkanes of at least 4 members (excludes halogenated alkanes) is 5. The van der Waals surface area contributed by atoms with Gasteiger partial charge in [-0.25, -0.2) is 0 Å². The Morgan fingerprint density at radius 1 is 1.16 bits per heavy atom. The molecule has 0 aliphatic rings. The summed E-state index contributed by atoms with van der Waals surface area (Å²) in [6.07, 6.45) is 9.11. The van der Waals surface area contributed by atoms with Crippen LogP contribution in [0.5, 0.6) is 0 Å². The molecule has 3 heteroatoms. The highest BCUT2D eigenvalue weighted by Gasteiger charge is 2.13. The summed E-state index contributed by atoms with van der Waals surface area (Å²) in [6, 6.07) is 6.76. The van der Waals surface area contributed by atoms with E-state index in [4.69, 9.17) is 5.84 Å². The van der Waals surface area contributed by atoms with E-state index in [1.165, 1.54) is 53.2 Å². The third-order valence-corrected chi connectivity index (χ3v) is 5.12. The molecule has 0 fully saturated rings. The number of hydrazine groups is 1. The van der Waals surface area contributed by atoms with Crippen LogP contribution in [-0.2, 0) is 0 Å². The Balaban J connectivity index is 2.43. The van der Waals surface area contributed by atoms with E-state index in [0.717, 1.165) is 6.42 Å². The Morgan fingerprint density at radius 3 is 2.53 bits per heavy atom. The normalized spacial score (nSPS) is 12.6. The zero-order valence-corrected chi connectivity index (χ0v) is 14.4. The van der Waals surface area contributed by atoms with Crippen LogP contribution in [-0.4, -0.2) is 0 Å². The molecule has 0 saturated carbocycles. The fourth-order valence-electron chi connectivity index (χ4n) is 2.40. The standard InChI is InChI=1S/C16H27IN2/c1-3-4-5-6-7-8-12-15(19-18)14-11-9-10-13(2)16(14)17/h9-11,15,19H,3-8,12,18H2,1-2H3. The van der Waals surface area contributed by atoms with E-state index in [1.54, 1.807) is 0 Å². The molecule has 0 saturated heterocycles. The van der Waals surface area contributed by atoms with Crippen molar-refractivity contribution in [3.05, 3.63) is 32.9 Å². The van der Waals surface area contributed by atoms with E-state index in [-0.39, 0.29) is 6.04 Å². The van der Waals surface area contributed by atoms with Crippen LogP contribution < -0.4 is 11.3 Å². The van der Waals surface area contributed by atoms with E-state index < -0.39 is 0 Å². The van der Waals surface area contributed by atoms with E-state index >= 15 is 0 Å². The lowest BCUT2D eigenvalue weighted by Crippen LogP contribution is -2.28. The number of nitrogens with two attached hydrogens (primary N) is 1. The van der Waals surface area contributed by atoms with Crippen LogP contribution in [0.1, 0.15) is 69.0 Å². The van der Waals surface area contributed by atoms with Gasteiger partial charge in [-0.2, -0.15) is 0 Å². The highest BCUT2D eigenvalue weighted by molar-refractivity contribution is 14.1. The molecule has 0 spiro atoms. The van der Waals surface area contributed by atoms with Gasteiger partial charge in [0.15, 0.2) is 0 Å². The molecule has 1 aromatic carbocycles. The minimum Gasteiger partial charge on any atom is -0.271 e. The van der Waals surface area contributed by atoms with Crippen molar-refractivity contribution in [1.29, 1.82) is 0 Å². The van der Waals surface area contributed by atoms with Gasteiger partial charge in [0.1, 0.15) is 0 Å². The van der Waals surface area contributed by atoms with Crippen LogP contribution >= 0.6 is 22.6 Å². The number of hydrogen-bond donors (Lipinski definition) is 2. The first-order valence-corrected chi connectivity index (χ1v) is 8.49. The Bertz CT molecular complexity index is 366. The van der Waals surface area contributed by atoms with Gasteiger partial charge in [-0.1, -0.05) is 63.6 Å². The molecule has 0 amide bonds. The second-order valence-corrected chi connectivity index (χ2v) is 6.33. The number of hydrogen-bond acceptors (Lipinski definition) is 2. The summed E-state index contributed by atoms with van der Waals surface area (Å²) in [7, 11) is 0. The Hall–Kier alpha value is -0.130. The SMILES string of the molecule is CCCCCCCCC(NN)c1cccc(C)c1I. The summed E-state index contributed by atoms with van der Waals surface area (Å²) >= 11 is 2.43. The van der Waals surface area contributed by atoms with Gasteiger partial charge in [-0.05, 0) is 47.1 Å². The molecule has 1 rings (SSSR count). The molecule has 1 atom stereocenters. The highest BCUT2D eigenvalue weighted by atomic mass is 127. The van der Waals surface area contributed by atoms with Crippen LogP contribution in [0.25, 0.3) is 0 Å². The Morgan fingerprint density at radius 2 is 1.84 bits per heavy atom. The maximum Gasteiger partial charge on any atom is 0.0470 e. The maximum atomic E-state index is 5.73. The largest absolute Gasteiger partial charge is 0.271 e. The molecule has 0 bridgehead atoms. The molecule has 1 aromatic rings. The van der Waals surface area contributed by atoms with Crippen molar-refractivity contribution >= 4 is 22.6 Å². The monoisotopic (exact) mass is 374 g/mol. The minimum atomic E-state index is 0.290. The van der Waals surface area contributed by atoms with Crippen molar-refractivity contribution in [2.45, 2.75) is 64.8 Å². The number of halogens is 1. The number of rotatable bonds is 9. The molecule has 0 radical (unpaired) electrons. The first-order valence-electron chi connectivity index (χ1n) is 7.41. The number of aryl methyl sites for hydroxylation is 1. The van der Waals surface area contributed by atoms with Crippen molar-refractivity contribution in [3.8, 4) is 0 Å². The predicted molar refractivity (Wildman–Crippen MR) is 92.0 cm³/mol. The molecule has 0 heterocycles. The summed E-state index contributed by atoms with van der Waals surface area (Å²) < 4.78 is 1.34. The van der Waals surface area contributed by atoms with E-state index in [9.17, 15) is 0 Å². The zero-order valence-electron chi connectivity index (χ0n) is 12.2. The molecule has 3 N–H and O–H groups in total.